The summed E-state index contributed by atoms with van der Waals surface area (Å²) in [7, 11) is 0. The predicted octanol–water partition coefficient (Wildman–Crippen LogP) is 2.74. The van der Waals surface area contributed by atoms with E-state index in [0.717, 1.165) is 5.92 Å². The maximum atomic E-state index is 10.5. The van der Waals surface area contributed by atoms with Crippen LogP contribution in [0.5, 0.6) is 0 Å². The second kappa shape index (κ2) is 12.7. The van der Waals surface area contributed by atoms with Gasteiger partial charge < -0.3 is 18.0 Å². The summed E-state index contributed by atoms with van der Waals surface area (Å²) in [5.41, 5.74) is 4.72. The maximum absolute atomic E-state index is 10.5. The standard InChI is InChI=1S/C8H14NO2.C4H10.CH3.Y/c1-8(2,3)6(5-10)4-7(9)11;1-4(2)3;;/h6H,4H2,1-3H3,(H2,9,11);4H,1-3H3;1H3;/q-1;;-1;. The van der Waals surface area contributed by atoms with Crippen molar-refractivity contribution in [2.24, 2.45) is 23.0 Å². The molecule has 0 aliphatic rings. The third-order valence-corrected chi connectivity index (χ3v) is 1.59. The van der Waals surface area contributed by atoms with Gasteiger partial charge in [-0.05, 0) is 5.92 Å². The summed E-state index contributed by atoms with van der Waals surface area (Å²) in [6.45, 7) is 12.1. The van der Waals surface area contributed by atoms with Gasteiger partial charge in [0.05, 0.1) is 0 Å². The molecule has 1 amide bonds. The molecule has 0 rings (SSSR count). The molecular weight excluding hydrogens is 291 g/mol. The van der Waals surface area contributed by atoms with Crippen molar-refractivity contribution in [2.45, 2.75) is 48.0 Å². The van der Waals surface area contributed by atoms with Crippen LogP contribution < -0.4 is 5.73 Å². The number of hydrogen-bond donors (Lipinski definition) is 1. The Morgan fingerprint density at radius 3 is 1.59 bits per heavy atom. The first-order valence-corrected chi connectivity index (χ1v) is 5.27. The zero-order valence-electron chi connectivity index (χ0n) is 12.3. The van der Waals surface area contributed by atoms with E-state index in [1.165, 1.54) is 0 Å². The third kappa shape index (κ3) is 22.0. The van der Waals surface area contributed by atoms with Crippen LogP contribution in [0.15, 0.2) is 0 Å². The minimum atomic E-state index is -0.451. The van der Waals surface area contributed by atoms with Crippen molar-refractivity contribution in [3.05, 3.63) is 7.43 Å². The van der Waals surface area contributed by atoms with E-state index in [1.54, 1.807) is 0 Å². The first-order valence-electron chi connectivity index (χ1n) is 5.27. The molecule has 4 heteroatoms. The van der Waals surface area contributed by atoms with Crippen LogP contribution in [0.25, 0.3) is 0 Å². The summed E-state index contributed by atoms with van der Waals surface area (Å²) in [4.78, 5) is 20.8. The van der Waals surface area contributed by atoms with E-state index in [9.17, 15) is 9.59 Å². The molecule has 0 heterocycles. The molecule has 0 aromatic heterocycles. The molecule has 0 saturated heterocycles. The Balaban J connectivity index is -0.000000123. The molecule has 0 saturated carbocycles. The molecule has 17 heavy (non-hydrogen) atoms. The summed E-state index contributed by atoms with van der Waals surface area (Å²) in [6, 6.07) is 0. The summed E-state index contributed by atoms with van der Waals surface area (Å²) in [6.07, 6.45) is 1.91. The Kier molecular flexibility index (Phi) is 19.4. The fourth-order valence-electron chi connectivity index (χ4n) is 0.726. The van der Waals surface area contributed by atoms with Crippen molar-refractivity contribution >= 4 is 12.2 Å². The van der Waals surface area contributed by atoms with Crippen LogP contribution in [-0.2, 0) is 42.3 Å². The van der Waals surface area contributed by atoms with Crippen molar-refractivity contribution in [1.29, 1.82) is 0 Å². The summed E-state index contributed by atoms with van der Waals surface area (Å²) in [5.74, 6) is -0.00623. The number of carbonyl (C=O) groups is 1. The van der Waals surface area contributed by atoms with Crippen molar-refractivity contribution in [3.8, 4) is 0 Å². The Morgan fingerprint density at radius 2 is 1.53 bits per heavy atom. The molecule has 0 aromatic carbocycles. The monoisotopic (exact) mass is 318 g/mol. The van der Waals surface area contributed by atoms with Crippen LogP contribution in [0.3, 0.4) is 0 Å². The Labute approximate surface area is 132 Å². The Bertz CT molecular complexity index is 195. The van der Waals surface area contributed by atoms with E-state index in [4.69, 9.17) is 5.73 Å². The van der Waals surface area contributed by atoms with Gasteiger partial charge in [0.15, 0.2) is 0 Å². The second-order valence-corrected chi connectivity index (χ2v) is 5.44. The van der Waals surface area contributed by atoms with Crippen molar-refractivity contribution in [1.82, 2.24) is 0 Å². The zero-order valence-corrected chi connectivity index (χ0v) is 15.2. The topological polar surface area (TPSA) is 60.2 Å². The van der Waals surface area contributed by atoms with E-state index in [0.29, 0.717) is 0 Å². The number of primary amides is 1. The van der Waals surface area contributed by atoms with E-state index in [2.05, 4.69) is 20.8 Å². The largest absolute Gasteiger partial charge is 0.541 e. The normalized spacial score (nSPS) is 11.2. The molecule has 0 aliphatic carbocycles. The maximum Gasteiger partial charge on any atom is 0.215 e. The zero-order chi connectivity index (χ0) is 12.6. The van der Waals surface area contributed by atoms with Gasteiger partial charge in [0, 0.05) is 39.1 Å². The Hall–Kier alpha value is 0.244. The molecule has 101 valence electrons. The fraction of sp³-hybridized carbons (Fsp3) is 0.769. The van der Waals surface area contributed by atoms with Gasteiger partial charge in [0.1, 0.15) is 0 Å². The number of carbonyl (C=O) groups excluding carboxylic acids is 2. The van der Waals surface area contributed by atoms with Gasteiger partial charge in [0.25, 0.3) is 0 Å². The van der Waals surface area contributed by atoms with Gasteiger partial charge in [-0.3, -0.25) is 11.1 Å². The van der Waals surface area contributed by atoms with Crippen molar-refractivity contribution in [3.63, 3.8) is 0 Å². The predicted molar refractivity (Wildman–Crippen MR) is 69.4 cm³/mol. The number of nitrogens with two attached hydrogens (primary N) is 1. The quantitative estimate of drug-likeness (QED) is 0.813. The molecule has 0 spiro atoms. The van der Waals surface area contributed by atoms with Gasteiger partial charge in [-0.25, -0.2) is 0 Å². The molecular formula is C13H27NO2Y-2. The Morgan fingerprint density at radius 1 is 1.24 bits per heavy atom. The smallest absolute Gasteiger partial charge is 0.215 e. The van der Waals surface area contributed by atoms with E-state index < -0.39 is 5.91 Å². The average molecular weight is 318 g/mol. The molecule has 1 unspecified atom stereocenters. The fourth-order valence-corrected chi connectivity index (χ4v) is 0.726. The van der Waals surface area contributed by atoms with Gasteiger partial charge in [-0.2, -0.15) is 0 Å². The minimum Gasteiger partial charge on any atom is -0.541 e. The average Bonchev–Trinajstić information content (AvgIpc) is 1.96. The van der Waals surface area contributed by atoms with Crippen LogP contribution >= 0.6 is 0 Å². The molecule has 0 bridgehead atoms. The molecule has 0 aliphatic heterocycles. The minimum absolute atomic E-state index is 0. The van der Waals surface area contributed by atoms with Crippen LogP contribution in [0.2, 0.25) is 0 Å². The first-order chi connectivity index (χ1) is 6.61. The van der Waals surface area contributed by atoms with Gasteiger partial charge in [-0.1, -0.05) is 47.0 Å². The van der Waals surface area contributed by atoms with Gasteiger partial charge in [0.2, 0.25) is 5.91 Å². The molecule has 3 nitrogen and oxygen atoms in total. The van der Waals surface area contributed by atoms with E-state index in [-0.39, 0.29) is 57.9 Å². The first kappa shape index (κ1) is 25.9. The summed E-state index contributed by atoms with van der Waals surface area (Å²) in [5, 5.41) is 0. The molecule has 0 fully saturated rings. The van der Waals surface area contributed by atoms with E-state index in [1.807, 2.05) is 27.1 Å². The van der Waals surface area contributed by atoms with E-state index >= 15 is 0 Å². The number of rotatable bonds is 3. The van der Waals surface area contributed by atoms with Crippen LogP contribution in [0.4, 0.5) is 0 Å². The second-order valence-electron chi connectivity index (χ2n) is 5.44. The molecule has 1 radical (unpaired) electrons. The van der Waals surface area contributed by atoms with Crippen LogP contribution in [0.1, 0.15) is 48.0 Å². The van der Waals surface area contributed by atoms with Gasteiger partial charge >= 0.3 is 0 Å². The van der Waals surface area contributed by atoms with Crippen molar-refractivity contribution < 1.29 is 42.3 Å². The van der Waals surface area contributed by atoms with Crippen LogP contribution in [0, 0.1) is 24.7 Å². The molecule has 2 N–H and O–H groups in total. The summed E-state index contributed by atoms with van der Waals surface area (Å²) >= 11 is 0. The van der Waals surface area contributed by atoms with Crippen molar-refractivity contribution in [2.75, 3.05) is 0 Å². The molecule has 0 aromatic rings. The summed E-state index contributed by atoms with van der Waals surface area (Å²) < 4.78 is 0. The number of hydrogen-bond acceptors (Lipinski definition) is 2. The number of amides is 1. The third-order valence-electron chi connectivity index (χ3n) is 1.59. The SMILES string of the molecule is CC(C)(C)C([C-]=O)CC(N)=O.CC(C)C.[CH3-].[Y]. The van der Waals surface area contributed by atoms with Gasteiger partial charge in [-0.15, -0.1) is 5.92 Å². The van der Waals surface area contributed by atoms with Crippen LogP contribution in [-0.4, -0.2) is 12.2 Å². The molecule has 1 atom stereocenters.